The zero-order valence-electron chi connectivity index (χ0n) is 17.4. The molecule has 2 aromatic carbocycles. The zero-order chi connectivity index (χ0) is 22.1. The number of nitrogens with zero attached hydrogens (tertiary/aromatic N) is 2. The second-order valence-corrected chi connectivity index (χ2v) is 8.89. The van der Waals surface area contributed by atoms with E-state index in [4.69, 9.17) is 0 Å². The number of piperidine rings is 1. The first-order chi connectivity index (χ1) is 14.1. The fourth-order valence-corrected chi connectivity index (χ4v) is 4.20. The van der Waals surface area contributed by atoms with Crippen molar-refractivity contribution >= 4 is 11.8 Å². The van der Waals surface area contributed by atoms with Crippen molar-refractivity contribution < 1.29 is 23.1 Å². The Labute approximate surface area is 174 Å². The summed E-state index contributed by atoms with van der Waals surface area (Å²) in [6, 6.07) is 9.58. The minimum atomic E-state index is -0.953. The van der Waals surface area contributed by atoms with Gasteiger partial charge in [0.15, 0.2) is 11.6 Å². The number of hydrogen-bond acceptors (Lipinski definition) is 2. The molecular weight excluding hydrogens is 393 g/mol. The van der Waals surface area contributed by atoms with E-state index in [9.17, 15) is 23.1 Å². The van der Waals surface area contributed by atoms with Crippen molar-refractivity contribution in [2.24, 2.45) is 5.41 Å². The lowest BCUT2D eigenvalue weighted by Crippen LogP contribution is -2.56. The van der Waals surface area contributed by atoms with Gasteiger partial charge in [-0.25, -0.2) is 18.0 Å². The molecule has 1 aliphatic rings. The molecule has 30 heavy (non-hydrogen) atoms. The number of rotatable bonds is 4. The van der Waals surface area contributed by atoms with E-state index in [0.717, 1.165) is 12.1 Å². The van der Waals surface area contributed by atoms with Crippen molar-refractivity contribution in [2.75, 3.05) is 11.4 Å². The minimum absolute atomic E-state index is 0.0836. The third kappa shape index (κ3) is 4.89. The molecule has 0 bridgehead atoms. The van der Waals surface area contributed by atoms with Crippen LogP contribution in [0.25, 0.3) is 0 Å². The summed E-state index contributed by atoms with van der Waals surface area (Å²) in [7, 11) is 0. The van der Waals surface area contributed by atoms with Crippen LogP contribution in [0.15, 0.2) is 42.5 Å². The van der Waals surface area contributed by atoms with Crippen LogP contribution in [0.5, 0.6) is 0 Å². The minimum Gasteiger partial charge on any atom is -0.465 e. The van der Waals surface area contributed by atoms with Crippen LogP contribution in [0.1, 0.15) is 39.2 Å². The van der Waals surface area contributed by atoms with Crippen LogP contribution >= 0.6 is 0 Å². The summed E-state index contributed by atoms with van der Waals surface area (Å²) >= 11 is 0. The van der Waals surface area contributed by atoms with E-state index >= 15 is 0 Å². The molecule has 0 spiro atoms. The van der Waals surface area contributed by atoms with Crippen LogP contribution in [0.3, 0.4) is 0 Å². The van der Waals surface area contributed by atoms with Gasteiger partial charge in [-0.15, -0.1) is 0 Å². The van der Waals surface area contributed by atoms with Gasteiger partial charge < -0.3 is 14.9 Å². The molecule has 1 saturated heterocycles. The predicted octanol–water partition coefficient (Wildman–Crippen LogP) is 5.67. The first kappa shape index (κ1) is 22.0. The molecule has 2 atom stereocenters. The van der Waals surface area contributed by atoms with Gasteiger partial charge in [-0.05, 0) is 54.2 Å². The van der Waals surface area contributed by atoms with Gasteiger partial charge in [-0.1, -0.05) is 32.9 Å². The summed E-state index contributed by atoms with van der Waals surface area (Å²) in [5.41, 5.74) is 0.902. The zero-order valence-corrected chi connectivity index (χ0v) is 17.4. The van der Waals surface area contributed by atoms with E-state index in [1.807, 2.05) is 25.7 Å². The van der Waals surface area contributed by atoms with Gasteiger partial charge in [-0.3, -0.25) is 0 Å². The molecular formula is C23H27F3N2O2. The Bertz CT molecular complexity index is 914. The molecule has 7 heteroatoms. The van der Waals surface area contributed by atoms with Gasteiger partial charge in [0.05, 0.1) is 0 Å². The largest absolute Gasteiger partial charge is 0.465 e. The van der Waals surface area contributed by atoms with Gasteiger partial charge in [0, 0.05) is 30.9 Å². The van der Waals surface area contributed by atoms with Crippen LogP contribution in [0.2, 0.25) is 0 Å². The maximum absolute atomic E-state index is 14.0. The lowest BCUT2D eigenvalue weighted by molar-refractivity contribution is 0.0520. The van der Waals surface area contributed by atoms with E-state index in [1.165, 1.54) is 23.1 Å². The molecule has 0 saturated carbocycles. The molecule has 162 valence electrons. The average molecular weight is 420 g/mol. The van der Waals surface area contributed by atoms with Crippen molar-refractivity contribution in [3.8, 4) is 0 Å². The number of halogens is 3. The van der Waals surface area contributed by atoms with E-state index in [0.29, 0.717) is 30.6 Å². The number of anilines is 1. The first-order valence-corrected chi connectivity index (χ1v) is 10.0. The smallest absolute Gasteiger partial charge is 0.407 e. The van der Waals surface area contributed by atoms with Gasteiger partial charge >= 0.3 is 6.09 Å². The Morgan fingerprint density at radius 2 is 1.87 bits per heavy atom. The molecule has 1 aliphatic heterocycles. The number of hydrogen-bond donors (Lipinski definition) is 1. The maximum atomic E-state index is 14.0. The molecule has 1 heterocycles. The van der Waals surface area contributed by atoms with Gasteiger partial charge in [-0.2, -0.15) is 0 Å². The fourth-order valence-electron chi connectivity index (χ4n) is 4.20. The van der Waals surface area contributed by atoms with Crippen LogP contribution in [-0.4, -0.2) is 34.7 Å². The first-order valence-electron chi connectivity index (χ1n) is 10.0. The molecule has 1 fully saturated rings. The van der Waals surface area contributed by atoms with Gasteiger partial charge in [0.25, 0.3) is 0 Å². The van der Waals surface area contributed by atoms with Gasteiger partial charge in [0.2, 0.25) is 0 Å². The monoisotopic (exact) mass is 420 g/mol. The average Bonchev–Trinajstić information content (AvgIpc) is 2.67. The van der Waals surface area contributed by atoms with Crippen LogP contribution in [-0.2, 0) is 6.54 Å². The summed E-state index contributed by atoms with van der Waals surface area (Å²) in [5, 5.41) is 9.63. The molecule has 0 aromatic heterocycles. The normalized spacial score (nSPS) is 19.6. The molecule has 2 unspecified atom stereocenters. The molecule has 1 N–H and O–H groups in total. The predicted molar refractivity (Wildman–Crippen MR) is 110 cm³/mol. The number of amides is 1. The van der Waals surface area contributed by atoms with Gasteiger partial charge in [0.1, 0.15) is 5.82 Å². The summed E-state index contributed by atoms with van der Waals surface area (Å²) in [5.74, 6) is -2.24. The highest BCUT2D eigenvalue weighted by Gasteiger charge is 2.40. The Kier molecular flexibility index (Phi) is 6.29. The number of likely N-dealkylation sites (tertiary alicyclic amines) is 1. The lowest BCUT2D eigenvalue weighted by atomic mass is 9.78. The summed E-state index contributed by atoms with van der Waals surface area (Å²) < 4.78 is 41.1. The maximum Gasteiger partial charge on any atom is 0.407 e. The van der Waals surface area contributed by atoms with E-state index < -0.39 is 23.5 Å². The highest BCUT2D eigenvalue weighted by Crippen LogP contribution is 2.36. The second-order valence-electron chi connectivity index (χ2n) is 8.89. The third-order valence-electron chi connectivity index (χ3n) is 5.74. The standard InChI is InChI=1S/C23H27F3N2O2/c1-23(2,3)21-13-18(9-10-27(21)22(29)30)28(17-6-4-5-16(24)12-17)14-15-7-8-19(25)20(26)11-15/h4-8,11-12,18,21H,9-10,13-14H2,1-3H3,(H,29,30). The molecule has 3 rings (SSSR count). The summed E-state index contributed by atoms with van der Waals surface area (Å²) in [4.78, 5) is 15.2. The molecule has 0 radical (unpaired) electrons. The van der Waals surface area contributed by atoms with Crippen LogP contribution in [0.4, 0.5) is 23.7 Å². The Balaban J connectivity index is 1.95. The fraction of sp³-hybridized carbons (Fsp3) is 0.435. The number of carboxylic acid groups (broad SMARTS) is 1. The van der Waals surface area contributed by atoms with Crippen LogP contribution in [0, 0.1) is 22.9 Å². The van der Waals surface area contributed by atoms with Crippen LogP contribution < -0.4 is 4.90 Å². The second kappa shape index (κ2) is 8.58. The number of carbonyl (C=O) groups is 1. The highest BCUT2D eigenvalue weighted by atomic mass is 19.2. The third-order valence-corrected chi connectivity index (χ3v) is 5.74. The Morgan fingerprint density at radius 3 is 2.47 bits per heavy atom. The highest BCUT2D eigenvalue weighted by molar-refractivity contribution is 5.66. The van der Waals surface area contributed by atoms with Crippen molar-refractivity contribution in [3.63, 3.8) is 0 Å². The summed E-state index contributed by atoms with van der Waals surface area (Å²) in [6.45, 7) is 6.61. The molecule has 0 aliphatic carbocycles. The van der Waals surface area contributed by atoms with Crippen molar-refractivity contribution in [1.29, 1.82) is 0 Å². The van der Waals surface area contributed by atoms with Crippen molar-refractivity contribution in [2.45, 2.75) is 52.2 Å². The summed E-state index contributed by atoms with van der Waals surface area (Å²) in [6.07, 6.45) is 0.154. The van der Waals surface area contributed by atoms with E-state index in [2.05, 4.69) is 0 Å². The Morgan fingerprint density at radius 1 is 1.13 bits per heavy atom. The quantitative estimate of drug-likeness (QED) is 0.693. The lowest BCUT2D eigenvalue weighted by Gasteiger charge is -2.48. The molecule has 4 nitrogen and oxygen atoms in total. The number of benzene rings is 2. The van der Waals surface area contributed by atoms with E-state index in [-0.39, 0.29) is 24.0 Å². The van der Waals surface area contributed by atoms with Crippen molar-refractivity contribution in [1.82, 2.24) is 4.90 Å². The molecule has 1 amide bonds. The topological polar surface area (TPSA) is 43.8 Å². The molecule has 2 aromatic rings. The van der Waals surface area contributed by atoms with Crippen molar-refractivity contribution in [3.05, 3.63) is 65.5 Å². The Hall–Kier alpha value is -2.70. The van der Waals surface area contributed by atoms with E-state index in [1.54, 1.807) is 12.1 Å². The SMILES string of the molecule is CC(C)(C)C1CC(N(Cc2ccc(F)c(F)c2)c2cccc(F)c2)CCN1C(=O)O.